The second kappa shape index (κ2) is 8.96. The van der Waals surface area contributed by atoms with Crippen molar-refractivity contribution in [3.05, 3.63) is 52.9 Å². The number of sulfone groups is 1. The van der Waals surface area contributed by atoms with Gasteiger partial charge in [0.1, 0.15) is 16.4 Å². The predicted molar refractivity (Wildman–Crippen MR) is 117 cm³/mol. The van der Waals surface area contributed by atoms with Crippen molar-refractivity contribution in [2.45, 2.75) is 25.6 Å². The molecule has 0 unspecified atom stereocenters. The van der Waals surface area contributed by atoms with Crippen LogP contribution in [0.1, 0.15) is 17.8 Å². The molecule has 3 rings (SSSR count). The van der Waals surface area contributed by atoms with Gasteiger partial charge in [-0.05, 0) is 36.8 Å². The maximum atomic E-state index is 12.6. The van der Waals surface area contributed by atoms with Gasteiger partial charge in [0.05, 0.1) is 22.8 Å². The van der Waals surface area contributed by atoms with E-state index in [-0.39, 0.29) is 23.5 Å². The van der Waals surface area contributed by atoms with Crippen LogP contribution in [-0.4, -0.2) is 42.7 Å². The van der Waals surface area contributed by atoms with Gasteiger partial charge in [0, 0.05) is 47.0 Å². The molecule has 2 aromatic heterocycles. The van der Waals surface area contributed by atoms with Crippen molar-refractivity contribution in [2.24, 2.45) is 0 Å². The Morgan fingerprint density at radius 1 is 1.23 bits per heavy atom. The van der Waals surface area contributed by atoms with Gasteiger partial charge in [0.2, 0.25) is 0 Å². The van der Waals surface area contributed by atoms with Crippen molar-refractivity contribution < 1.29 is 21.6 Å². The molecule has 0 spiro atoms. The van der Waals surface area contributed by atoms with Crippen molar-refractivity contribution in [1.82, 2.24) is 9.55 Å². The summed E-state index contributed by atoms with van der Waals surface area (Å²) >= 11 is 6.10. The van der Waals surface area contributed by atoms with E-state index in [4.69, 9.17) is 17.3 Å². The SMILES string of the molecule is CS(=O)(=O)CCCn1c(Cc2nccc(NCC(F)(F)F)c2N)cc2cc(Cl)ccc21. The number of hydrogen-bond donors (Lipinski definition) is 2. The van der Waals surface area contributed by atoms with Gasteiger partial charge in [0.15, 0.2) is 0 Å². The lowest BCUT2D eigenvalue weighted by Gasteiger charge is -2.15. The largest absolute Gasteiger partial charge is 0.405 e. The van der Waals surface area contributed by atoms with Gasteiger partial charge in [-0.2, -0.15) is 13.2 Å². The summed E-state index contributed by atoms with van der Waals surface area (Å²) in [4.78, 5) is 4.25. The number of alkyl halides is 3. The summed E-state index contributed by atoms with van der Waals surface area (Å²) in [5.41, 5.74) is 8.48. The molecule has 31 heavy (non-hydrogen) atoms. The Morgan fingerprint density at radius 2 is 1.97 bits per heavy atom. The smallest absolute Gasteiger partial charge is 0.396 e. The van der Waals surface area contributed by atoms with E-state index in [1.807, 2.05) is 16.7 Å². The number of hydrogen-bond acceptors (Lipinski definition) is 5. The van der Waals surface area contributed by atoms with E-state index in [0.717, 1.165) is 16.6 Å². The van der Waals surface area contributed by atoms with E-state index in [0.29, 0.717) is 23.7 Å². The van der Waals surface area contributed by atoms with Gasteiger partial charge in [-0.15, -0.1) is 0 Å². The number of fused-ring (bicyclic) bond motifs is 1. The van der Waals surface area contributed by atoms with E-state index in [2.05, 4.69) is 10.3 Å². The second-order valence-corrected chi connectivity index (χ2v) is 10.0. The Labute approximate surface area is 183 Å². The molecule has 0 bridgehead atoms. The normalized spacial score (nSPS) is 12.4. The number of rotatable bonds is 8. The lowest BCUT2D eigenvalue weighted by molar-refractivity contribution is -0.115. The number of nitrogens with zero attached hydrogens (tertiary/aromatic N) is 2. The van der Waals surface area contributed by atoms with Crippen molar-refractivity contribution in [3.63, 3.8) is 0 Å². The van der Waals surface area contributed by atoms with Gasteiger partial charge < -0.3 is 15.6 Å². The number of nitrogen functional groups attached to an aromatic ring is 1. The minimum Gasteiger partial charge on any atom is -0.396 e. The molecular weight excluding hydrogens is 453 g/mol. The number of aryl methyl sites for hydroxylation is 1. The van der Waals surface area contributed by atoms with Gasteiger partial charge >= 0.3 is 6.18 Å². The first kappa shape index (κ1) is 23.2. The first-order valence-electron chi connectivity index (χ1n) is 9.42. The molecule has 0 aliphatic heterocycles. The molecule has 1 aromatic carbocycles. The third-order valence-electron chi connectivity index (χ3n) is 4.75. The number of nitrogens with one attached hydrogen (secondary N) is 1. The number of nitrogens with two attached hydrogens (primary N) is 1. The third kappa shape index (κ3) is 6.27. The predicted octanol–water partition coefficient (Wildman–Crippen LogP) is 4.27. The molecule has 0 radical (unpaired) electrons. The van der Waals surface area contributed by atoms with Crippen molar-refractivity contribution >= 4 is 43.7 Å². The summed E-state index contributed by atoms with van der Waals surface area (Å²) in [7, 11) is -3.11. The molecule has 168 valence electrons. The van der Waals surface area contributed by atoms with E-state index < -0.39 is 22.6 Å². The molecule has 0 saturated heterocycles. The summed E-state index contributed by atoms with van der Waals surface area (Å²) in [6.45, 7) is -0.760. The van der Waals surface area contributed by atoms with Gasteiger partial charge in [0.25, 0.3) is 0 Å². The van der Waals surface area contributed by atoms with Crippen LogP contribution in [0.4, 0.5) is 24.5 Å². The Morgan fingerprint density at radius 3 is 2.65 bits per heavy atom. The molecule has 0 aliphatic rings. The van der Waals surface area contributed by atoms with Crippen molar-refractivity contribution in [3.8, 4) is 0 Å². The highest BCUT2D eigenvalue weighted by atomic mass is 35.5. The zero-order valence-electron chi connectivity index (χ0n) is 16.7. The number of halogens is 4. The highest BCUT2D eigenvalue weighted by molar-refractivity contribution is 7.90. The van der Waals surface area contributed by atoms with Gasteiger partial charge in [-0.1, -0.05) is 11.6 Å². The van der Waals surface area contributed by atoms with Gasteiger partial charge in [-0.3, -0.25) is 4.98 Å². The highest BCUT2D eigenvalue weighted by Crippen LogP contribution is 2.29. The average Bonchev–Trinajstić information content (AvgIpc) is 2.97. The van der Waals surface area contributed by atoms with Crippen molar-refractivity contribution in [2.75, 3.05) is 29.6 Å². The zero-order chi connectivity index (χ0) is 22.8. The summed E-state index contributed by atoms with van der Waals surface area (Å²) < 4.78 is 62.7. The summed E-state index contributed by atoms with van der Waals surface area (Å²) in [5.74, 6) is 0.0386. The first-order valence-corrected chi connectivity index (χ1v) is 11.9. The molecule has 3 aromatic rings. The van der Waals surface area contributed by atoms with Crippen LogP contribution in [0.15, 0.2) is 36.5 Å². The Kier molecular flexibility index (Phi) is 6.70. The lowest BCUT2D eigenvalue weighted by atomic mass is 10.1. The molecule has 0 fully saturated rings. The fourth-order valence-corrected chi connectivity index (χ4v) is 4.21. The van der Waals surface area contributed by atoms with Crippen LogP contribution in [-0.2, 0) is 22.8 Å². The fourth-order valence-electron chi connectivity index (χ4n) is 3.37. The summed E-state index contributed by atoms with van der Waals surface area (Å²) in [6, 6.07) is 8.69. The molecule has 2 heterocycles. The number of pyridine rings is 1. The number of aromatic nitrogens is 2. The minimum absolute atomic E-state index is 0.0386. The van der Waals surface area contributed by atoms with Gasteiger partial charge in [-0.25, -0.2) is 8.42 Å². The maximum Gasteiger partial charge on any atom is 0.405 e. The van der Waals surface area contributed by atoms with Crippen LogP contribution in [0.5, 0.6) is 0 Å². The van der Waals surface area contributed by atoms with Crippen LogP contribution in [0, 0.1) is 0 Å². The zero-order valence-corrected chi connectivity index (χ0v) is 18.3. The lowest BCUT2D eigenvalue weighted by Crippen LogP contribution is -2.22. The molecule has 0 amide bonds. The first-order chi connectivity index (χ1) is 14.4. The van der Waals surface area contributed by atoms with Crippen LogP contribution in [0.2, 0.25) is 5.02 Å². The molecule has 0 saturated carbocycles. The highest BCUT2D eigenvalue weighted by Gasteiger charge is 2.27. The van der Waals surface area contributed by atoms with Crippen LogP contribution in [0.25, 0.3) is 10.9 Å². The summed E-state index contributed by atoms with van der Waals surface area (Å²) in [5, 5.41) is 3.72. The van der Waals surface area contributed by atoms with E-state index >= 15 is 0 Å². The standard InChI is InChI=1S/C20H22ClF3N4O2S/c1-31(29,30)8-2-7-28-15(10-13-9-14(21)3-4-18(13)28)11-17-19(25)16(5-6-26-17)27-12-20(22,23)24/h3-6,9-10H,2,7-8,11-12,25H2,1H3,(H,26,27). The topological polar surface area (TPSA) is 90.0 Å². The molecule has 11 heteroatoms. The fraction of sp³-hybridized carbons (Fsp3) is 0.350. The second-order valence-electron chi connectivity index (χ2n) is 7.34. The molecule has 0 atom stereocenters. The summed E-state index contributed by atoms with van der Waals surface area (Å²) in [6.07, 6.45) is -1.11. The van der Waals surface area contributed by atoms with E-state index in [1.54, 1.807) is 12.1 Å². The molecule has 6 nitrogen and oxygen atoms in total. The maximum absolute atomic E-state index is 12.6. The Bertz CT molecular complexity index is 1190. The van der Waals surface area contributed by atoms with E-state index in [9.17, 15) is 21.6 Å². The van der Waals surface area contributed by atoms with Crippen LogP contribution >= 0.6 is 11.6 Å². The Balaban J connectivity index is 1.92. The quantitative estimate of drug-likeness (QED) is 0.509. The monoisotopic (exact) mass is 474 g/mol. The molecular formula is C20H22ClF3N4O2S. The minimum atomic E-state index is -4.37. The Hall–Kier alpha value is -2.46. The van der Waals surface area contributed by atoms with Crippen LogP contribution in [0.3, 0.4) is 0 Å². The van der Waals surface area contributed by atoms with Crippen molar-refractivity contribution in [1.29, 1.82) is 0 Å². The number of benzene rings is 1. The molecule has 3 N–H and O–H groups in total. The molecule has 0 aliphatic carbocycles. The third-order valence-corrected chi connectivity index (χ3v) is 6.01. The van der Waals surface area contributed by atoms with E-state index in [1.165, 1.54) is 18.5 Å². The number of anilines is 2. The average molecular weight is 475 g/mol. The van der Waals surface area contributed by atoms with Crippen LogP contribution < -0.4 is 11.1 Å².